The Bertz CT molecular complexity index is 392. The zero-order valence-corrected chi connectivity index (χ0v) is 11.4. The highest BCUT2D eigenvalue weighted by Crippen LogP contribution is 2.25. The van der Waals surface area contributed by atoms with E-state index in [4.69, 9.17) is 17.0 Å². The van der Waals surface area contributed by atoms with E-state index in [0.29, 0.717) is 6.61 Å². The molecular formula is C12H16N2OS2. The Kier molecular flexibility index (Phi) is 4.50. The van der Waals surface area contributed by atoms with Crippen LogP contribution in [-0.2, 0) is 0 Å². The fourth-order valence-corrected chi connectivity index (χ4v) is 2.92. The van der Waals surface area contributed by atoms with Crippen molar-refractivity contribution in [3.63, 3.8) is 0 Å². The molecule has 1 aromatic rings. The number of anilines is 1. The van der Waals surface area contributed by atoms with Gasteiger partial charge in [0, 0.05) is 12.3 Å². The largest absolute Gasteiger partial charge is 0.492 e. The van der Waals surface area contributed by atoms with Crippen molar-refractivity contribution in [2.45, 2.75) is 6.92 Å². The minimum absolute atomic E-state index is 0.658. The van der Waals surface area contributed by atoms with Gasteiger partial charge in [0.15, 0.2) is 5.11 Å². The summed E-state index contributed by atoms with van der Waals surface area (Å²) in [6.45, 7) is 3.66. The predicted molar refractivity (Wildman–Crippen MR) is 77.9 cm³/mol. The monoisotopic (exact) mass is 268 g/mol. The number of nitrogens with zero attached hydrogens (tertiary/aromatic N) is 1. The number of hydrogen-bond acceptors (Lipinski definition) is 3. The Balaban J connectivity index is 2.04. The van der Waals surface area contributed by atoms with Crippen molar-refractivity contribution in [3.05, 3.63) is 24.3 Å². The highest BCUT2D eigenvalue weighted by Gasteiger charge is 2.16. The van der Waals surface area contributed by atoms with E-state index in [1.807, 2.05) is 43.0 Å². The molecule has 17 heavy (non-hydrogen) atoms. The van der Waals surface area contributed by atoms with Gasteiger partial charge in [-0.3, -0.25) is 0 Å². The zero-order chi connectivity index (χ0) is 12.1. The second kappa shape index (κ2) is 6.12. The molecule has 0 radical (unpaired) electrons. The summed E-state index contributed by atoms with van der Waals surface area (Å²) >= 11 is 7.29. The summed E-state index contributed by atoms with van der Waals surface area (Å²) in [5.74, 6) is 2.97. The summed E-state index contributed by atoms with van der Waals surface area (Å²) in [7, 11) is 0. The van der Waals surface area contributed by atoms with Crippen LogP contribution in [0, 0.1) is 0 Å². The van der Waals surface area contributed by atoms with Crippen molar-refractivity contribution in [1.29, 1.82) is 0 Å². The second-order valence-electron chi connectivity index (χ2n) is 3.66. The predicted octanol–water partition coefficient (Wildman–Crippen LogP) is 2.79. The minimum atomic E-state index is 0.658. The molecule has 1 aromatic carbocycles. The van der Waals surface area contributed by atoms with Gasteiger partial charge in [0.05, 0.1) is 18.2 Å². The molecule has 1 saturated heterocycles. The number of thioether (sulfide) groups is 1. The van der Waals surface area contributed by atoms with Crippen molar-refractivity contribution >= 4 is 34.8 Å². The number of nitrogens with one attached hydrogen (secondary N) is 1. The van der Waals surface area contributed by atoms with Crippen LogP contribution < -0.4 is 10.1 Å². The van der Waals surface area contributed by atoms with Crippen molar-refractivity contribution in [1.82, 2.24) is 4.90 Å². The zero-order valence-electron chi connectivity index (χ0n) is 9.81. The van der Waals surface area contributed by atoms with Crippen molar-refractivity contribution in [2.75, 3.05) is 30.1 Å². The number of benzene rings is 1. The average molecular weight is 268 g/mol. The molecule has 0 atom stereocenters. The Morgan fingerprint density at radius 1 is 1.53 bits per heavy atom. The first kappa shape index (κ1) is 12.5. The number of rotatable bonds is 3. The second-order valence-corrected chi connectivity index (χ2v) is 5.12. The van der Waals surface area contributed by atoms with Gasteiger partial charge in [-0.05, 0) is 31.3 Å². The standard InChI is InChI=1S/C12H16N2OS2/c1-2-15-11-6-4-3-5-10(11)13-12(16)14-7-8-17-9-14/h3-6H,2,7-9H2,1H3,(H,13,16). The van der Waals surface area contributed by atoms with Gasteiger partial charge in [-0.1, -0.05) is 12.1 Å². The molecule has 1 fully saturated rings. The fraction of sp³-hybridized carbons (Fsp3) is 0.417. The Morgan fingerprint density at radius 2 is 2.35 bits per heavy atom. The van der Waals surface area contributed by atoms with Crippen LogP contribution in [0.4, 0.5) is 5.69 Å². The average Bonchev–Trinajstić information content (AvgIpc) is 2.85. The van der Waals surface area contributed by atoms with Crippen LogP contribution in [0.3, 0.4) is 0 Å². The summed E-state index contributed by atoms with van der Waals surface area (Å²) in [5.41, 5.74) is 0.941. The summed E-state index contributed by atoms with van der Waals surface area (Å²) < 4.78 is 5.55. The van der Waals surface area contributed by atoms with E-state index < -0.39 is 0 Å². The van der Waals surface area contributed by atoms with Gasteiger partial charge >= 0.3 is 0 Å². The van der Waals surface area contributed by atoms with E-state index in [1.165, 1.54) is 0 Å². The lowest BCUT2D eigenvalue weighted by Crippen LogP contribution is -2.32. The molecule has 0 aromatic heterocycles. The first-order valence-electron chi connectivity index (χ1n) is 5.66. The highest BCUT2D eigenvalue weighted by atomic mass is 32.2. The Morgan fingerprint density at radius 3 is 3.06 bits per heavy atom. The lowest BCUT2D eigenvalue weighted by molar-refractivity contribution is 0.342. The maximum Gasteiger partial charge on any atom is 0.174 e. The SMILES string of the molecule is CCOc1ccccc1NC(=S)N1CCSC1. The van der Waals surface area contributed by atoms with Gasteiger partial charge in [0.2, 0.25) is 0 Å². The van der Waals surface area contributed by atoms with Crippen LogP contribution in [-0.4, -0.2) is 34.8 Å². The molecule has 0 spiro atoms. The van der Waals surface area contributed by atoms with Gasteiger partial charge in [-0.2, -0.15) is 0 Å². The van der Waals surface area contributed by atoms with E-state index in [1.54, 1.807) is 0 Å². The van der Waals surface area contributed by atoms with Crippen molar-refractivity contribution in [2.24, 2.45) is 0 Å². The van der Waals surface area contributed by atoms with Crippen LogP contribution in [0.15, 0.2) is 24.3 Å². The van der Waals surface area contributed by atoms with Gasteiger partial charge in [0.1, 0.15) is 5.75 Å². The molecule has 1 heterocycles. The van der Waals surface area contributed by atoms with E-state index in [0.717, 1.165) is 34.7 Å². The molecule has 2 rings (SSSR count). The Hall–Kier alpha value is -0.940. The van der Waals surface area contributed by atoms with E-state index in [2.05, 4.69) is 10.2 Å². The van der Waals surface area contributed by atoms with E-state index >= 15 is 0 Å². The van der Waals surface area contributed by atoms with E-state index in [9.17, 15) is 0 Å². The lowest BCUT2D eigenvalue weighted by atomic mass is 10.3. The first-order valence-corrected chi connectivity index (χ1v) is 7.23. The van der Waals surface area contributed by atoms with E-state index in [-0.39, 0.29) is 0 Å². The van der Waals surface area contributed by atoms with Gasteiger partial charge in [-0.15, -0.1) is 11.8 Å². The topological polar surface area (TPSA) is 24.5 Å². The normalized spacial score (nSPS) is 14.8. The molecule has 5 heteroatoms. The molecule has 0 aliphatic carbocycles. The molecule has 1 aliphatic rings. The van der Waals surface area contributed by atoms with Crippen LogP contribution in [0.2, 0.25) is 0 Å². The van der Waals surface area contributed by atoms with Crippen LogP contribution in [0.1, 0.15) is 6.92 Å². The molecule has 0 saturated carbocycles. The van der Waals surface area contributed by atoms with Crippen LogP contribution in [0.5, 0.6) is 5.75 Å². The fourth-order valence-electron chi connectivity index (χ4n) is 1.62. The Labute approximate surface area is 112 Å². The first-order chi connectivity index (χ1) is 8.31. The maximum atomic E-state index is 5.55. The molecule has 1 N–H and O–H groups in total. The maximum absolute atomic E-state index is 5.55. The molecule has 1 aliphatic heterocycles. The highest BCUT2D eigenvalue weighted by molar-refractivity contribution is 7.99. The summed E-state index contributed by atoms with van der Waals surface area (Å²) in [4.78, 5) is 2.17. The summed E-state index contributed by atoms with van der Waals surface area (Å²) in [6, 6.07) is 7.88. The molecule has 3 nitrogen and oxygen atoms in total. The molecular weight excluding hydrogens is 252 g/mol. The van der Waals surface area contributed by atoms with Gasteiger partial charge < -0.3 is 15.0 Å². The van der Waals surface area contributed by atoms with Crippen LogP contribution in [0.25, 0.3) is 0 Å². The summed E-state index contributed by atoms with van der Waals surface area (Å²) in [5, 5.41) is 4.04. The van der Waals surface area contributed by atoms with Gasteiger partial charge in [0.25, 0.3) is 0 Å². The number of hydrogen-bond donors (Lipinski definition) is 1. The third-order valence-corrected chi connectivity index (χ3v) is 3.79. The molecule has 92 valence electrons. The summed E-state index contributed by atoms with van der Waals surface area (Å²) in [6.07, 6.45) is 0. The number of ether oxygens (including phenoxy) is 1. The third-order valence-electron chi connectivity index (χ3n) is 2.47. The van der Waals surface area contributed by atoms with Crippen LogP contribution >= 0.6 is 24.0 Å². The van der Waals surface area contributed by atoms with Gasteiger partial charge in [-0.25, -0.2) is 0 Å². The van der Waals surface area contributed by atoms with Crippen molar-refractivity contribution in [3.8, 4) is 5.75 Å². The molecule has 0 bridgehead atoms. The smallest absolute Gasteiger partial charge is 0.174 e. The van der Waals surface area contributed by atoms with Crippen molar-refractivity contribution < 1.29 is 4.74 Å². The third kappa shape index (κ3) is 3.26. The number of para-hydroxylation sites is 2. The molecule has 0 unspecified atom stereocenters. The lowest BCUT2D eigenvalue weighted by Gasteiger charge is -2.20. The quantitative estimate of drug-likeness (QED) is 0.850. The minimum Gasteiger partial charge on any atom is -0.492 e. The number of thiocarbonyl (C=S) groups is 1. The molecule has 0 amide bonds.